The zero-order valence-electron chi connectivity index (χ0n) is 19.2. The van der Waals surface area contributed by atoms with Crippen LogP contribution in [0.15, 0.2) is 60.7 Å². The molecule has 1 fully saturated rings. The minimum atomic E-state index is -1.28. The van der Waals surface area contributed by atoms with Crippen LogP contribution in [-0.4, -0.2) is 34.4 Å². The van der Waals surface area contributed by atoms with E-state index in [4.69, 9.17) is 4.74 Å². The molecule has 2 heterocycles. The number of aliphatic hydroxyl groups is 1. The molecule has 1 atom stereocenters. The maximum atomic E-state index is 14.2. The monoisotopic (exact) mass is 510 g/mol. The fraction of sp³-hybridized carbons (Fsp3) is 0.154. The van der Waals surface area contributed by atoms with Crippen molar-refractivity contribution in [2.24, 2.45) is 0 Å². The standard InChI is InChI=1S/C26H20F2N2O5S/c1-4-10-35-25(34)23-14(3)29-26(36-23)30-20(15-6-5-7-17(27)11-15)19(22(32)24(30)33)21(31)16-9-8-13(2)18(28)12-16/h4-9,11-12,20,31H,1,10H2,2-3H3/b21-19+. The molecule has 1 N–H and O–H groups in total. The molecule has 0 spiro atoms. The van der Waals surface area contributed by atoms with Crippen molar-refractivity contribution >= 4 is 39.9 Å². The molecular formula is C26H20F2N2O5S. The minimum Gasteiger partial charge on any atom is -0.507 e. The van der Waals surface area contributed by atoms with Crippen LogP contribution in [0.5, 0.6) is 0 Å². The van der Waals surface area contributed by atoms with Gasteiger partial charge in [-0.05, 0) is 43.2 Å². The fourth-order valence-electron chi connectivity index (χ4n) is 3.79. The average Bonchev–Trinajstić information content (AvgIpc) is 3.35. The number of carbonyl (C=O) groups is 3. The molecular weight excluding hydrogens is 490 g/mol. The van der Waals surface area contributed by atoms with Crippen molar-refractivity contribution < 1.29 is 33.0 Å². The maximum Gasteiger partial charge on any atom is 0.350 e. The molecule has 1 aliphatic rings. The normalized spacial score (nSPS) is 16.9. The molecule has 7 nitrogen and oxygen atoms in total. The summed E-state index contributed by atoms with van der Waals surface area (Å²) in [5.74, 6) is -4.67. The molecule has 1 aliphatic heterocycles. The number of benzene rings is 2. The van der Waals surface area contributed by atoms with Gasteiger partial charge in [0, 0.05) is 5.56 Å². The van der Waals surface area contributed by atoms with Gasteiger partial charge in [0.1, 0.15) is 28.9 Å². The van der Waals surface area contributed by atoms with Crippen LogP contribution < -0.4 is 4.90 Å². The number of ketones is 1. The quantitative estimate of drug-likeness (QED) is 0.165. The number of carbonyl (C=O) groups excluding carboxylic acids is 3. The first-order valence-electron chi connectivity index (χ1n) is 10.7. The molecule has 1 saturated heterocycles. The van der Waals surface area contributed by atoms with Gasteiger partial charge in [0.05, 0.1) is 17.3 Å². The third kappa shape index (κ3) is 4.42. The number of hydrogen-bond acceptors (Lipinski definition) is 7. The second-order valence-electron chi connectivity index (χ2n) is 7.99. The summed E-state index contributed by atoms with van der Waals surface area (Å²) < 4.78 is 33.5. The molecule has 2 aromatic carbocycles. The van der Waals surface area contributed by atoms with E-state index in [1.54, 1.807) is 0 Å². The summed E-state index contributed by atoms with van der Waals surface area (Å²) >= 11 is 0.813. The zero-order chi connectivity index (χ0) is 26.1. The highest BCUT2D eigenvalue weighted by atomic mass is 32.1. The van der Waals surface area contributed by atoms with E-state index in [2.05, 4.69) is 11.6 Å². The summed E-state index contributed by atoms with van der Waals surface area (Å²) in [6.45, 7) is 6.52. The van der Waals surface area contributed by atoms with Gasteiger partial charge in [-0.1, -0.05) is 48.3 Å². The SMILES string of the molecule is C=CCOC(=O)c1sc(N2C(=O)C(=O)/C(=C(/O)c3ccc(C)c(F)c3)C2c2cccc(F)c2)nc1C. The number of thiazole rings is 1. The van der Waals surface area contributed by atoms with Crippen molar-refractivity contribution in [2.75, 3.05) is 11.5 Å². The lowest BCUT2D eigenvalue weighted by molar-refractivity contribution is -0.132. The molecule has 1 unspecified atom stereocenters. The molecule has 0 radical (unpaired) electrons. The molecule has 1 amide bonds. The molecule has 0 bridgehead atoms. The number of ether oxygens (including phenoxy) is 1. The number of Topliss-reactive ketones (excluding diaryl/α,β-unsaturated/α-hetero) is 1. The Morgan fingerprint density at radius 2 is 1.97 bits per heavy atom. The van der Waals surface area contributed by atoms with E-state index in [1.165, 1.54) is 50.3 Å². The molecule has 36 heavy (non-hydrogen) atoms. The lowest BCUT2D eigenvalue weighted by Gasteiger charge is -2.23. The van der Waals surface area contributed by atoms with Gasteiger partial charge in [-0.15, -0.1) is 0 Å². The van der Waals surface area contributed by atoms with E-state index in [1.807, 2.05) is 0 Å². The van der Waals surface area contributed by atoms with Crippen LogP contribution >= 0.6 is 11.3 Å². The van der Waals surface area contributed by atoms with Crippen molar-refractivity contribution in [1.29, 1.82) is 0 Å². The zero-order valence-corrected chi connectivity index (χ0v) is 20.1. The summed E-state index contributed by atoms with van der Waals surface area (Å²) in [6, 6.07) is 7.76. The maximum absolute atomic E-state index is 14.2. The van der Waals surface area contributed by atoms with Crippen molar-refractivity contribution in [1.82, 2.24) is 4.98 Å². The van der Waals surface area contributed by atoms with Crippen molar-refractivity contribution in [3.05, 3.63) is 99.6 Å². The average molecular weight is 511 g/mol. The Morgan fingerprint density at radius 3 is 2.64 bits per heavy atom. The van der Waals surface area contributed by atoms with Gasteiger partial charge >= 0.3 is 11.9 Å². The summed E-state index contributed by atoms with van der Waals surface area (Å²) in [4.78, 5) is 44.2. The van der Waals surface area contributed by atoms with E-state index >= 15 is 0 Å². The Kier molecular flexibility index (Phi) is 6.80. The van der Waals surface area contributed by atoms with Crippen LogP contribution in [0, 0.1) is 25.5 Å². The first-order valence-corrected chi connectivity index (χ1v) is 11.5. The van der Waals surface area contributed by atoms with Crippen molar-refractivity contribution in [3.8, 4) is 0 Å². The topological polar surface area (TPSA) is 96.8 Å². The van der Waals surface area contributed by atoms with E-state index in [0.29, 0.717) is 5.56 Å². The molecule has 1 aromatic heterocycles. The molecule has 3 aromatic rings. The number of nitrogens with zero attached hydrogens (tertiary/aromatic N) is 2. The van der Waals surface area contributed by atoms with Crippen LogP contribution in [0.3, 0.4) is 0 Å². The molecule has 0 aliphatic carbocycles. The van der Waals surface area contributed by atoms with Gasteiger partial charge in [0.15, 0.2) is 5.13 Å². The number of amides is 1. The molecule has 4 rings (SSSR count). The van der Waals surface area contributed by atoms with Crippen molar-refractivity contribution in [2.45, 2.75) is 19.9 Å². The van der Waals surface area contributed by atoms with Gasteiger partial charge in [-0.2, -0.15) is 0 Å². The van der Waals surface area contributed by atoms with Crippen LogP contribution in [0.25, 0.3) is 5.76 Å². The number of aliphatic hydroxyl groups excluding tert-OH is 1. The second kappa shape index (κ2) is 9.82. The number of aromatic nitrogens is 1. The van der Waals surface area contributed by atoms with Gasteiger partial charge < -0.3 is 9.84 Å². The number of halogens is 2. The van der Waals surface area contributed by atoms with E-state index in [0.717, 1.165) is 28.4 Å². The predicted molar refractivity (Wildman–Crippen MR) is 130 cm³/mol. The Labute approximate surface area is 209 Å². The predicted octanol–water partition coefficient (Wildman–Crippen LogP) is 5.01. The smallest absolute Gasteiger partial charge is 0.350 e. The van der Waals surface area contributed by atoms with E-state index < -0.39 is 41.1 Å². The van der Waals surface area contributed by atoms with Gasteiger partial charge in [-0.3, -0.25) is 14.5 Å². The largest absolute Gasteiger partial charge is 0.507 e. The summed E-state index contributed by atoms with van der Waals surface area (Å²) in [5, 5.41) is 11.0. The summed E-state index contributed by atoms with van der Waals surface area (Å²) in [6.07, 6.45) is 1.39. The van der Waals surface area contributed by atoms with Crippen molar-refractivity contribution in [3.63, 3.8) is 0 Å². The lowest BCUT2D eigenvalue weighted by Crippen LogP contribution is -2.29. The third-order valence-corrected chi connectivity index (χ3v) is 6.70. The number of anilines is 1. The van der Waals surface area contributed by atoms with Gasteiger partial charge in [0.2, 0.25) is 0 Å². The number of aryl methyl sites for hydroxylation is 2. The Bertz CT molecular complexity index is 1450. The third-order valence-electron chi connectivity index (χ3n) is 5.56. The number of hydrogen-bond donors (Lipinski definition) is 1. The number of rotatable bonds is 6. The summed E-state index contributed by atoms with van der Waals surface area (Å²) in [5.41, 5.74) is 0.360. The molecule has 10 heteroatoms. The van der Waals surface area contributed by atoms with Gasteiger partial charge in [0.25, 0.3) is 5.78 Å². The van der Waals surface area contributed by atoms with Crippen LogP contribution in [0.4, 0.5) is 13.9 Å². The van der Waals surface area contributed by atoms with Crippen LogP contribution in [0.2, 0.25) is 0 Å². The lowest BCUT2D eigenvalue weighted by atomic mass is 9.95. The van der Waals surface area contributed by atoms with Crippen LogP contribution in [0.1, 0.15) is 38.1 Å². The minimum absolute atomic E-state index is 0.0245. The Morgan fingerprint density at radius 1 is 1.22 bits per heavy atom. The molecule has 0 saturated carbocycles. The Hall–Kier alpha value is -4.18. The van der Waals surface area contributed by atoms with E-state index in [-0.39, 0.29) is 39.0 Å². The highest BCUT2D eigenvalue weighted by molar-refractivity contribution is 7.17. The van der Waals surface area contributed by atoms with E-state index in [9.17, 15) is 28.3 Å². The first-order chi connectivity index (χ1) is 17.1. The van der Waals surface area contributed by atoms with Crippen LogP contribution in [-0.2, 0) is 14.3 Å². The molecule has 184 valence electrons. The highest BCUT2D eigenvalue weighted by Crippen LogP contribution is 2.44. The fourth-order valence-corrected chi connectivity index (χ4v) is 4.78. The second-order valence-corrected chi connectivity index (χ2v) is 8.96. The number of esters is 1. The van der Waals surface area contributed by atoms with Gasteiger partial charge in [-0.25, -0.2) is 18.6 Å². The highest BCUT2D eigenvalue weighted by Gasteiger charge is 2.48. The summed E-state index contributed by atoms with van der Waals surface area (Å²) in [7, 11) is 0. The first kappa shape index (κ1) is 24.9. The Balaban J connectivity index is 1.90.